The van der Waals surface area contributed by atoms with Crippen LogP contribution in [0.1, 0.15) is 96.5 Å². The van der Waals surface area contributed by atoms with Gasteiger partial charge in [-0.15, -0.1) is 0 Å². The molecule has 2 saturated heterocycles. The highest BCUT2D eigenvalue weighted by molar-refractivity contribution is 5.91. The number of carbonyl (C=O) groups is 2. The van der Waals surface area contributed by atoms with E-state index in [9.17, 15) is 14.4 Å². The molecule has 0 bridgehead atoms. The van der Waals surface area contributed by atoms with E-state index in [2.05, 4.69) is 19.9 Å². The van der Waals surface area contributed by atoms with E-state index in [1.54, 1.807) is 22.2 Å². The normalized spacial score (nSPS) is 18.5. The Morgan fingerprint density at radius 1 is 0.792 bits per heavy atom. The summed E-state index contributed by atoms with van der Waals surface area (Å²) in [6, 6.07) is 11.0. The Morgan fingerprint density at radius 2 is 1.34 bits per heavy atom. The van der Waals surface area contributed by atoms with Gasteiger partial charge in [0.15, 0.2) is 0 Å². The van der Waals surface area contributed by atoms with E-state index < -0.39 is 16.8 Å². The van der Waals surface area contributed by atoms with E-state index in [1.807, 2.05) is 77.9 Å². The molecule has 8 rings (SSSR count). The van der Waals surface area contributed by atoms with Crippen molar-refractivity contribution in [1.82, 2.24) is 29.7 Å². The molecule has 0 radical (unpaired) electrons. The molecule has 3 aromatic heterocycles. The minimum Gasteiger partial charge on any atom is -0.488 e. The van der Waals surface area contributed by atoms with Crippen molar-refractivity contribution in [1.29, 1.82) is 0 Å². The number of carbonyl (C=O) groups excluding carboxylic acids is 2. The highest BCUT2D eigenvalue weighted by Gasteiger charge is 2.36. The van der Waals surface area contributed by atoms with Gasteiger partial charge in [-0.25, -0.2) is 24.4 Å². The molecule has 53 heavy (non-hydrogen) atoms. The SMILES string of the molecule is CC(C)(C)OC(=O)N1CCCC1c1ncc(-c2ccc3c(c2)OCc2c-3c(=O)oc3cc(-c4cnc(C5CCCN5C(=O)OC(C)(C)C)[nH]4)ccc23)[nH]1. The van der Waals surface area contributed by atoms with Crippen LogP contribution in [0.15, 0.2) is 58.0 Å². The van der Waals surface area contributed by atoms with E-state index in [1.165, 1.54) is 0 Å². The van der Waals surface area contributed by atoms with Gasteiger partial charge in [0.05, 0.1) is 41.4 Å². The van der Waals surface area contributed by atoms with Crippen LogP contribution < -0.4 is 10.4 Å². The summed E-state index contributed by atoms with van der Waals surface area (Å²) in [5.74, 6) is 1.96. The zero-order chi connectivity index (χ0) is 37.2. The molecule has 2 N–H and O–H groups in total. The molecule has 13 heteroatoms. The number of benzene rings is 2. The van der Waals surface area contributed by atoms with Crippen molar-refractivity contribution in [2.24, 2.45) is 0 Å². The molecule has 2 fully saturated rings. The molecule has 3 aliphatic heterocycles. The molecule has 13 nitrogen and oxygen atoms in total. The Morgan fingerprint density at radius 3 is 1.91 bits per heavy atom. The predicted molar refractivity (Wildman–Crippen MR) is 197 cm³/mol. The fourth-order valence-corrected chi connectivity index (χ4v) is 7.51. The monoisotopic (exact) mass is 720 g/mol. The maximum absolute atomic E-state index is 13.6. The number of hydrogen-bond donors (Lipinski definition) is 2. The van der Waals surface area contributed by atoms with Crippen LogP contribution in [-0.2, 0) is 16.1 Å². The van der Waals surface area contributed by atoms with Crippen LogP contribution in [0, 0.1) is 0 Å². The fraction of sp³-hybridized carbons (Fsp3) is 0.425. The lowest BCUT2D eigenvalue weighted by molar-refractivity contribution is 0.0208. The van der Waals surface area contributed by atoms with Crippen LogP contribution in [0.25, 0.3) is 44.6 Å². The van der Waals surface area contributed by atoms with Gasteiger partial charge in [-0.2, -0.15) is 0 Å². The molecule has 6 heterocycles. The molecule has 5 aromatic rings. The summed E-state index contributed by atoms with van der Waals surface area (Å²) in [4.78, 5) is 58.9. The van der Waals surface area contributed by atoms with E-state index in [-0.39, 0.29) is 30.9 Å². The number of nitrogens with one attached hydrogen (secondary N) is 2. The maximum atomic E-state index is 13.6. The number of aromatic amines is 2. The molecule has 2 atom stereocenters. The summed E-state index contributed by atoms with van der Waals surface area (Å²) in [7, 11) is 0. The first-order valence-electron chi connectivity index (χ1n) is 18.2. The van der Waals surface area contributed by atoms with Gasteiger partial charge in [-0.1, -0.05) is 18.2 Å². The number of fused-ring (bicyclic) bond motifs is 5. The molecule has 2 aromatic carbocycles. The Balaban J connectivity index is 1.03. The minimum atomic E-state index is -0.585. The number of imidazole rings is 2. The molecule has 276 valence electrons. The van der Waals surface area contributed by atoms with E-state index >= 15 is 0 Å². The Hall–Kier alpha value is -5.59. The largest absolute Gasteiger partial charge is 0.488 e. The van der Waals surface area contributed by atoms with Gasteiger partial charge < -0.3 is 28.6 Å². The number of nitrogens with zero attached hydrogens (tertiary/aromatic N) is 4. The number of amides is 2. The summed E-state index contributed by atoms with van der Waals surface area (Å²) in [6.45, 7) is 12.6. The van der Waals surface area contributed by atoms with Gasteiger partial charge in [0.25, 0.3) is 0 Å². The molecule has 2 unspecified atom stereocenters. The van der Waals surface area contributed by atoms with Gasteiger partial charge in [0.1, 0.15) is 40.8 Å². The Bertz CT molecular complexity index is 2290. The third kappa shape index (κ3) is 6.64. The van der Waals surface area contributed by atoms with Crippen molar-refractivity contribution < 1.29 is 28.2 Å². The fourth-order valence-electron chi connectivity index (χ4n) is 7.51. The first-order chi connectivity index (χ1) is 25.2. The highest BCUT2D eigenvalue weighted by atomic mass is 16.6. The smallest absolute Gasteiger partial charge is 0.410 e. The molecular weight excluding hydrogens is 676 g/mol. The van der Waals surface area contributed by atoms with Crippen molar-refractivity contribution in [3.8, 4) is 39.4 Å². The van der Waals surface area contributed by atoms with Gasteiger partial charge in [-0.05, 0) is 85.4 Å². The third-order valence-corrected chi connectivity index (χ3v) is 9.84. The maximum Gasteiger partial charge on any atom is 0.410 e. The van der Waals surface area contributed by atoms with Crippen molar-refractivity contribution in [2.45, 2.75) is 97.1 Å². The van der Waals surface area contributed by atoms with Crippen LogP contribution in [-0.4, -0.2) is 66.2 Å². The van der Waals surface area contributed by atoms with E-state index in [0.717, 1.165) is 59.1 Å². The molecular formula is C40H44N6O7. The van der Waals surface area contributed by atoms with Crippen LogP contribution in [0.3, 0.4) is 0 Å². The minimum absolute atomic E-state index is 0.199. The summed E-state index contributed by atoms with van der Waals surface area (Å²) >= 11 is 0. The zero-order valence-corrected chi connectivity index (χ0v) is 30.9. The Labute approximate surface area is 306 Å². The van der Waals surface area contributed by atoms with Crippen molar-refractivity contribution >= 4 is 23.2 Å². The first kappa shape index (κ1) is 34.5. The van der Waals surface area contributed by atoms with Crippen molar-refractivity contribution in [3.63, 3.8) is 0 Å². The number of aromatic nitrogens is 4. The highest BCUT2D eigenvalue weighted by Crippen LogP contribution is 2.42. The lowest BCUT2D eigenvalue weighted by atomic mass is 9.94. The first-order valence-corrected chi connectivity index (χ1v) is 18.2. The summed E-state index contributed by atoms with van der Waals surface area (Å²) in [5.41, 5.74) is 3.90. The van der Waals surface area contributed by atoms with Gasteiger partial charge in [-0.3, -0.25) is 9.80 Å². The van der Waals surface area contributed by atoms with Gasteiger partial charge in [0.2, 0.25) is 0 Å². The molecule has 0 spiro atoms. The van der Waals surface area contributed by atoms with E-state index in [4.69, 9.17) is 18.6 Å². The zero-order valence-electron chi connectivity index (χ0n) is 30.9. The summed E-state index contributed by atoms with van der Waals surface area (Å²) < 4.78 is 23.5. The van der Waals surface area contributed by atoms with Crippen molar-refractivity contribution in [2.75, 3.05) is 13.1 Å². The average Bonchev–Trinajstić information content (AvgIpc) is 3.92. The quantitative estimate of drug-likeness (QED) is 0.175. The van der Waals surface area contributed by atoms with Crippen LogP contribution >= 0.6 is 0 Å². The lowest BCUT2D eigenvalue weighted by Crippen LogP contribution is -2.36. The number of likely N-dealkylation sites (tertiary alicyclic amines) is 2. The van der Waals surface area contributed by atoms with Crippen LogP contribution in [0.2, 0.25) is 0 Å². The second-order valence-electron chi connectivity index (χ2n) is 16.0. The summed E-state index contributed by atoms with van der Waals surface area (Å²) in [5, 5.41) is 0.786. The Kier molecular flexibility index (Phi) is 8.34. The van der Waals surface area contributed by atoms with Crippen molar-refractivity contribution in [3.05, 3.63) is 76.4 Å². The molecule has 2 amide bonds. The standard InChI is InChI=1S/C40H44N6O7/c1-39(2,3)52-37(48)45-15-7-9-29(45)34-41-19-27(43-34)22-12-14-25-31(17-22)50-21-26-24-13-11-23(18-32(24)51-36(47)33(25)26)28-20-42-35(44-28)30-10-8-16-46(30)38(49)53-40(4,5)6/h11-14,17-20,29-30H,7-10,15-16,21H2,1-6H3,(H,41,43)(H,42,44). The second-order valence-corrected chi connectivity index (χ2v) is 16.0. The third-order valence-electron chi connectivity index (χ3n) is 9.84. The lowest BCUT2D eigenvalue weighted by Gasteiger charge is -2.27. The van der Waals surface area contributed by atoms with Gasteiger partial charge >= 0.3 is 17.8 Å². The number of H-pyrrole nitrogens is 2. The number of hydrogen-bond acceptors (Lipinski definition) is 9. The predicted octanol–water partition coefficient (Wildman–Crippen LogP) is 8.28. The topological polar surface area (TPSA) is 156 Å². The summed E-state index contributed by atoms with van der Waals surface area (Å²) in [6.07, 6.45) is 6.10. The molecule has 0 saturated carbocycles. The van der Waals surface area contributed by atoms with Crippen LogP contribution in [0.4, 0.5) is 9.59 Å². The van der Waals surface area contributed by atoms with Gasteiger partial charge in [0, 0.05) is 40.7 Å². The van der Waals surface area contributed by atoms with Crippen LogP contribution in [0.5, 0.6) is 5.75 Å². The molecule has 0 aliphatic carbocycles. The number of ether oxygens (including phenoxy) is 3. The average molecular weight is 721 g/mol. The second kappa shape index (κ2) is 12.8. The van der Waals surface area contributed by atoms with E-state index in [0.29, 0.717) is 47.2 Å². The molecule has 3 aliphatic rings. The number of rotatable bonds is 4.